The molecule has 1 N–H and O–H groups in total. The first-order valence-corrected chi connectivity index (χ1v) is 7.80. The molecular formula is C16H28N4. The van der Waals surface area contributed by atoms with Crippen LogP contribution in [0.4, 0.5) is 5.82 Å². The Balaban J connectivity index is 1.94. The third-order valence-corrected chi connectivity index (χ3v) is 3.93. The SMILES string of the molecule is CCC1CCCN(c2ccc(CNC(C)(C)C)nn2)C1. The first-order chi connectivity index (χ1) is 9.48. The quantitative estimate of drug-likeness (QED) is 0.918. The Kier molecular flexibility index (Phi) is 4.97. The fourth-order valence-corrected chi connectivity index (χ4v) is 2.58. The first-order valence-electron chi connectivity index (χ1n) is 7.80. The number of nitrogens with one attached hydrogen (secondary N) is 1. The van der Waals surface area contributed by atoms with Gasteiger partial charge < -0.3 is 10.2 Å². The molecule has 1 unspecified atom stereocenters. The molecule has 0 amide bonds. The summed E-state index contributed by atoms with van der Waals surface area (Å²) in [7, 11) is 0. The fourth-order valence-electron chi connectivity index (χ4n) is 2.58. The minimum absolute atomic E-state index is 0.113. The summed E-state index contributed by atoms with van der Waals surface area (Å²) in [6.45, 7) is 11.8. The molecule has 1 aliphatic heterocycles. The van der Waals surface area contributed by atoms with Crippen molar-refractivity contribution < 1.29 is 0 Å². The van der Waals surface area contributed by atoms with Gasteiger partial charge in [-0.3, -0.25) is 0 Å². The summed E-state index contributed by atoms with van der Waals surface area (Å²) in [5.74, 6) is 1.84. The van der Waals surface area contributed by atoms with Gasteiger partial charge in [0.2, 0.25) is 0 Å². The van der Waals surface area contributed by atoms with Crippen LogP contribution in [0.1, 0.15) is 52.7 Å². The first kappa shape index (κ1) is 15.2. The summed E-state index contributed by atoms with van der Waals surface area (Å²) >= 11 is 0. The van der Waals surface area contributed by atoms with Crippen LogP contribution >= 0.6 is 0 Å². The Morgan fingerprint density at radius 2 is 2.10 bits per heavy atom. The van der Waals surface area contributed by atoms with Gasteiger partial charge in [0.05, 0.1) is 5.69 Å². The fraction of sp³-hybridized carbons (Fsp3) is 0.750. The normalized spacial score (nSPS) is 20.2. The van der Waals surface area contributed by atoms with Crippen molar-refractivity contribution in [1.82, 2.24) is 15.5 Å². The molecule has 4 nitrogen and oxygen atoms in total. The van der Waals surface area contributed by atoms with Gasteiger partial charge in [-0.1, -0.05) is 13.3 Å². The van der Waals surface area contributed by atoms with Gasteiger partial charge >= 0.3 is 0 Å². The molecule has 1 aromatic heterocycles. The maximum atomic E-state index is 4.41. The lowest BCUT2D eigenvalue weighted by molar-refractivity contribution is 0.401. The number of anilines is 1. The lowest BCUT2D eigenvalue weighted by Crippen LogP contribution is -2.36. The molecule has 112 valence electrons. The molecule has 0 saturated carbocycles. The van der Waals surface area contributed by atoms with Crippen LogP contribution in [0.5, 0.6) is 0 Å². The van der Waals surface area contributed by atoms with Gasteiger partial charge in [0.1, 0.15) is 0 Å². The van der Waals surface area contributed by atoms with E-state index in [0.717, 1.165) is 37.1 Å². The molecule has 0 aliphatic carbocycles. The summed E-state index contributed by atoms with van der Waals surface area (Å²) < 4.78 is 0. The maximum absolute atomic E-state index is 4.41. The van der Waals surface area contributed by atoms with E-state index in [0.29, 0.717) is 0 Å². The van der Waals surface area contributed by atoms with Crippen LogP contribution in [0.2, 0.25) is 0 Å². The molecule has 1 atom stereocenters. The van der Waals surface area contributed by atoms with E-state index in [-0.39, 0.29) is 5.54 Å². The molecule has 0 aromatic carbocycles. The van der Waals surface area contributed by atoms with Crippen LogP contribution < -0.4 is 10.2 Å². The summed E-state index contributed by atoms with van der Waals surface area (Å²) in [6.07, 6.45) is 3.89. The van der Waals surface area contributed by atoms with Crippen LogP contribution in [-0.2, 0) is 6.54 Å². The number of aromatic nitrogens is 2. The minimum atomic E-state index is 0.113. The highest BCUT2D eigenvalue weighted by Crippen LogP contribution is 2.23. The van der Waals surface area contributed by atoms with Crippen LogP contribution in [0.15, 0.2) is 12.1 Å². The average Bonchev–Trinajstić information content (AvgIpc) is 2.45. The van der Waals surface area contributed by atoms with Crippen molar-refractivity contribution in [1.29, 1.82) is 0 Å². The zero-order valence-corrected chi connectivity index (χ0v) is 13.3. The van der Waals surface area contributed by atoms with E-state index in [1.807, 2.05) is 0 Å². The van der Waals surface area contributed by atoms with Crippen molar-refractivity contribution in [3.05, 3.63) is 17.8 Å². The zero-order chi connectivity index (χ0) is 14.6. The second-order valence-corrected chi connectivity index (χ2v) is 6.85. The Morgan fingerprint density at radius 3 is 2.70 bits per heavy atom. The van der Waals surface area contributed by atoms with Gasteiger partial charge in [0.25, 0.3) is 0 Å². The highest BCUT2D eigenvalue weighted by atomic mass is 15.3. The second-order valence-electron chi connectivity index (χ2n) is 6.85. The van der Waals surface area contributed by atoms with Crippen molar-refractivity contribution in [3.63, 3.8) is 0 Å². The minimum Gasteiger partial charge on any atom is -0.355 e. The maximum Gasteiger partial charge on any atom is 0.151 e. The molecule has 1 fully saturated rings. The van der Waals surface area contributed by atoms with Crippen molar-refractivity contribution in [3.8, 4) is 0 Å². The molecule has 0 radical (unpaired) electrons. The third-order valence-electron chi connectivity index (χ3n) is 3.93. The lowest BCUT2D eigenvalue weighted by Gasteiger charge is -2.32. The molecule has 1 aliphatic rings. The van der Waals surface area contributed by atoms with E-state index in [2.05, 4.69) is 60.2 Å². The molecule has 0 bridgehead atoms. The molecule has 1 saturated heterocycles. The highest BCUT2D eigenvalue weighted by molar-refractivity contribution is 5.37. The van der Waals surface area contributed by atoms with Crippen LogP contribution in [0.3, 0.4) is 0 Å². The van der Waals surface area contributed by atoms with E-state index in [4.69, 9.17) is 0 Å². The topological polar surface area (TPSA) is 41.0 Å². The Labute approximate surface area is 123 Å². The molecule has 1 aromatic rings. The predicted octanol–water partition coefficient (Wildman–Crippen LogP) is 2.99. The summed E-state index contributed by atoms with van der Waals surface area (Å²) in [5.41, 5.74) is 1.12. The van der Waals surface area contributed by atoms with Crippen LogP contribution in [0, 0.1) is 5.92 Å². The summed E-state index contributed by atoms with van der Waals surface area (Å²) in [4.78, 5) is 2.38. The molecule has 2 rings (SSSR count). The Hall–Kier alpha value is -1.16. The lowest BCUT2D eigenvalue weighted by atomic mass is 9.96. The monoisotopic (exact) mass is 276 g/mol. The van der Waals surface area contributed by atoms with Crippen molar-refractivity contribution in [2.24, 2.45) is 5.92 Å². The average molecular weight is 276 g/mol. The van der Waals surface area contributed by atoms with Crippen LogP contribution in [-0.4, -0.2) is 28.8 Å². The molecule has 2 heterocycles. The Morgan fingerprint density at radius 1 is 1.30 bits per heavy atom. The smallest absolute Gasteiger partial charge is 0.151 e. The number of hydrogen-bond acceptors (Lipinski definition) is 4. The molecular weight excluding hydrogens is 248 g/mol. The molecule has 4 heteroatoms. The van der Waals surface area contributed by atoms with E-state index >= 15 is 0 Å². The van der Waals surface area contributed by atoms with Gasteiger partial charge in [-0.25, -0.2) is 0 Å². The van der Waals surface area contributed by atoms with Gasteiger partial charge in [-0.2, -0.15) is 5.10 Å². The van der Waals surface area contributed by atoms with E-state index < -0.39 is 0 Å². The van der Waals surface area contributed by atoms with Gasteiger partial charge in [-0.15, -0.1) is 5.10 Å². The largest absolute Gasteiger partial charge is 0.355 e. The number of hydrogen-bond donors (Lipinski definition) is 1. The van der Waals surface area contributed by atoms with Crippen molar-refractivity contribution in [2.75, 3.05) is 18.0 Å². The standard InChI is InChI=1S/C16H28N4/c1-5-13-7-6-10-20(12-13)15-9-8-14(18-19-15)11-17-16(2,3)4/h8-9,13,17H,5-7,10-12H2,1-4H3. The van der Waals surface area contributed by atoms with Crippen LogP contribution in [0.25, 0.3) is 0 Å². The summed E-state index contributed by atoms with van der Waals surface area (Å²) in [6, 6.07) is 4.21. The zero-order valence-electron chi connectivity index (χ0n) is 13.3. The molecule has 0 spiro atoms. The number of rotatable bonds is 4. The predicted molar refractivity (Wildman–Crippen MR) is 83.9 cm³/mol. The van der Waals surface area contributed by atoms with Crippen molar-refractivity contribution in [2.45, 2.75) is 59.0 Å². The van der Waals surface area contributed by atoms with Gasteiger partial charge in [0.15, 0.2) is 5.82 Å². The van der Waals surface area contributed by atoms with Gasteiger partial charge in [0, 0.05) is 25.2 Å². The number of nitrogens with zero attached hydrogens (tertiary/aromatic N) is 3. The molecule has 20 heavy (non-hydrogen) atoms. The second kappa shape index (κ2) is 6.53. The Bertz CT molecular complexity index is 407. The summed E-state index contributed by atoms with van der Waals surface area (Å²) in [5, 5.41) is 12.2. The van der Waals surface area contributed by atoms with E-state index in [1.54, 1.807) is 0 Å². The number of piperidine rings is 1. The van der Waals surface area contributed by atoms with Crippen molar-refractivity contribution >= 4 is 5.82 Å². The van der Waals surface area contributed by atoms with E-state index in [1.165, 1.54) is 19.3 Å². The van der Waals surface area contributed by atoms with E-state index in [9.17, 15) is 0 Å². The third kappa shape index (κ3) is 4.44. The van der Waals surface area contributed by atoms with Gasteiger partial charge in [-0.05, 0) is 51.7 Å². The highest BCUT2D eigenvalue weighted by Gasteiger charge is 2.19.